The first-order chi connectivity index (χ1) is 8.16. The molecule has 2 atom stereocenters. The average Bonchev–Trinajstić information content (AvgIpc) is 2.72. The first kappa shape index (κ1) is 12.2. The van der Waals surface area contributed by atoms with Crippen LogP contribution < -0.4 is 15.4 Å². The molecule has 1 aromatic carbocycles. The first-order valence-corrected chi connectivity index (χ1v) is 6.32. The van der Waals surface area contributed by atoms with Crippen molar-refractivity contribution >= 4 is 5.69 Å². The topological polar surface area (TPSA) is 38.5 Å². The molecule has 0 saturated heterocycles. The van der Waals surface area contributed by atoms with E-state index in [1.165, 1.54) is 18.5 Å². The molecule has 1 aliphatic rings. The molecule has 1 fully saturated rings. The molecule has 3 heteroatoms. The SMILES string of the molecule is CN(C)c1cccc(OC[C@H]2CCC[C@@H]2N)c1. The van der Waals surface area contributed by atoms with Gasteiger partial charge in [0.15, 0.2) is 0 Å². The molecular weight excluding hydrogens is 212 g/mol. The van der Waals surface area contributed by atoms with Crippen molar-refractivity contribution in [1.29, 1.82) is 0 Å². The molecule has 0 aliphatic heterocycles. The zero-order valence-corrected chi connectivity index (χ0v) is 10.7. The molecule has 1 saturated carbocycles. The Morgan fingerprint density at radius 1 is 1.35 bits per heavy atom. The third kappa shape index (κ3) is 3.13. The molecule has 0 amide bonds. The number of ether oxygens (including phenoxy) is 1. The fraction of sp³-hybridized carbons (Fsp3) is 0.571. The fourth-order valence-electron chi connectivity index (χ4n) is 2.33. The summed E-state index contributed by atoms with van der Waals surface area (Å²) < 4.78 is 5.84. The summed E-state index contributed by atoms with van der Waals surface area (Å²) in [7, 11) is 4.07. The number of hydrogen-bond donors (Lipinski definition) is 1. The van der Waals surface area contributed by atoms with E-state index in [9.17, 15) is 0 Å². The van der Waals surface area contributed by atoms with E-state index in [1.54, 1.807) is 0 Å². The lowest BCUT2D eigenvalue weighted by Crippen LogP contribution is -2.28. The van der Waals surface area contributed by atoms with Crippen molar-refractivity contribution in [2.45, 2.75) is 25.3 Å². The highest BCUT2D eigenvalue weighted by molar-refractivity contribution is 5.49. The van der Waals surface area contributed by atoms with Crippen molar-refractivity contribution in [2.24, 2.45) is 11.7 Å². The molecule has 94 valence electrons. The summed E-state index contributed by atoms with van der Waals surface area (Å²) in [5.74, 6) is 1.47. The van der Waals surface area contributed by atoms with E-state index < -0.39 is 0 Å². The van der Waals surface area contributed by atoms with Gasteiger partial charge in [0.25, 0.3) is 0 Å². The number of benzene rings is 1. The summed E-state index contributed by atoms with van der Waals surface area (Å²) in [6.07, 6.45) is 3.59. The lowest BCUT2D eigenvalue weighted by molar-refractivity contribution is 0.239. The van der Waals surface area contributed by atoms with Gasteiger partial charge in [-0.15, -0.1) is 0 Å². The summed E-state index contributed by atoms with van der Waals surface area (Å²) >= 11 is 0. The molecular formula is C14H22N2O. The molecule has 0 heterocycles. The molecule has 1 aliphatic carbocycles. The second-order valence-electron chi connectivity index (χ2n) is 5.06. The van der Waals surface area contributed by atoms with Gasteiger partial charge in [0, 0.05) is 37.8 Å². The Bertz CT molecular complexity index is 365. The van der Waals surface area contributed by atoms with E-state index in [0.29, 0.717) is 12.0 Å². The number of hydrogen-bond acceptors (Lipinski definition) is 3. The van der Waals surface area contributed by atoms with E-state index in [2.05, 4.69) is 17.0 Å². The van der Waals surface area contributed by atoms with Crippen LogP contribution >= 0.6 is 0 Å². The maximum atomic E-state index is 6.03. The normalized spacial score (nSPS) is 23.7. The van der Waals surface area contributed by atoms with Crippen molar-refractivity contribution in [3.63, 3.8) is 0 Å². The van der Waals surface area contributed by atoms with Crippen LogP contribution in [-0.2, 0) is 0 Å². The van der Waals surface area contributed by atoms with Gasteiger partial charge in [-0.2, -0.15) is 0 Å². The molecule has 0 bridgehead atoms. The van der Waals surface area contributed by atoms with Crippen LogP contribution in [0.15, 0.2) is 24.3 Å². The zero-order chi connectivity index (χ0) is 12.3. The van der Waals surface area contributed by atoms with Crippen LogP contribution in [0.4, 0.5) is 5.69 Å². The molecule has 0 aromatic heterocycles. The minimum Gasteiger partial charge on any atom is -0.493 e. The Kier molecular flexibility index (Phi) is 3.89. The standard InChI is InChI=1S/C14H22N2O/c1-16(2)12-6-4-7-13(9-12)17-10-11-5-3-8-14(11)15/h4,6-7,9,11,14H,3,5,8,10,15H2,1-2H3/t11-,14+/m1/s1. The summed E-state index contributed by atoms with van der Waals surface area (Å²) in [4.78, 5) is 2.08. The molecule has 2 N–H and O–H groups in total. The lowest BCUT2D eigenvalue weighted by atomic mass is 10.1. The third-order valence-corrected chi connectivity index (χ3v) is 3.52. The van der Waals surface area contributed by atoms with Crippen LogP contribution in [0.2, 0.25) is 0 Å². The van der Waals surface area contributed by atoms with Crippen molar-refractivity contribution < 1.29 is 4.74 Å². The van der Waals surface area contributed by atoms with Crippen molar-refractivity contribution in [1.82, 2.24) is 0 Å². The van der Waals surface area contributed by atoms with Crippen LogP contribution in [0, 0.1) is 5.92 Å². The largest absolute Gasteiger partial charge is 0.493 e. The molecule has 0 spiro atoms. The van der Waals surface area contributed by atoms with Crippen molar-refractivity contribution in [3.8, 4) is 5.75 Å². The minimum absolute atomic E-state index is 0.326. The second kappa shape index (κ2) is 5.41. The van der Waals surface area contributed by atoms with Gasteiger partial charge < -0.3 is 15.4 Å². The van der Waals surface area contributed by atoms with Crippen LogP contribution in [0.1, 0.15) is 19.3 Å². The maximum absolute atomic E-state index is 6.03. The monoisotopic (exact) mass is 234 g/mol. The predicted molar refractivity (Wildman–Crippen MR) is 71.6 cm³/mol. The molecule has 1 aromatic rings. The Hall–Kier alpha value is -1.22. The second-order valence-corrected chi connectivity index (χ2v) is 5.06. The van der Waals surface area contributed by atoms with Gasteiger partial charge in [0.05, 0.1) is 6.61 Å². The summed E-state index contributed by atoms with van der Waals surface area (Å²) in [6, 6.07) is 8.51. The highest BCUT2D eigenvalue weighted by atomic mass is 16.5. The Balaban J connectivity index is 1.92. The Morgan fingerprint density at radius 2 is 2.18 bits per heavy atom. The quantitative estimate of drug-likeness (QED) is 0.868. The highest BCUT2D eigenvalue weighted by Gasteiger charge is 2.24. The average molecular weight is 234 g/mol. The van der Waals surface area contributed by atoms with Gasteiger partial charge in [-0.1, -0.05) is 12.5 Å². The first-order valence-electron chi connectivity index (χ1n) is 6.32. The van der Waals surface area contributed by atoms with Gasteiger partial charge in [-0.05, 0) is 25.0 Å². The summed E-state index contributed by atoms with van der Waals surface area (Å²) in [5.41, 5.74) is 7.20. The lowest BCUT2D eigenvalue weighted by Gasteiger charge is -2.18. The van der Waals surface area contributed by atoms with Gasteiger partial charge in [-0.3, -0.25) is 0 Å². The van der Waals surface area contributed by atoms with Crippen LogP contribution in [0.3, 0.4) is 0 Å². The van der Waals surface area contributed by atoms with Crippen LogP contribution in [-0.4, -0.2) is 26.7 Å². The smallest absolute Gasteiger partial charge is 0.121 e. The number of nitrogens with zero attached hydrogens (tertiary/aromatic N) is 1. The summed E-state index contributed by atoms with van der Waals surface area (Å²) in [5, 5.41) is 0. The van der Waals surface area contributed by atoms with E-state index in [0.717, 1.165) is 18.8 Å². The minimum atomic E-state index is 0.326. The third-order valence-electron chi connectivity index (χ3n) is 3.52. The van der Waals surface area contributed by atoms with E-state index in [-0.39, 0.29) is 0 Å². The zero-order valence-electron chi connectivity index (χ0n) is 10.7. The van der Waals surface area contributed by atoms with Gasteiger partial charge in [0.2, 0.25) is 0 Å². The number of rotatable bonds is 4. The number of anilines is 1. The number of nitrogens with two attached hydrogens (primary N) is 1. The van der Waals surface area contributed by atoms with E-state index >= 15 is 0 Å². The van der Waals surface area contributed by atoms with E-state index in [4.69, 9.17) is 10.5 Å². The maximum Gasteiger partial charge on any atom is 0.121 e. The Labute approximate surface area is 104 Å². The molecule has 2 rings (SSSR count). The van der Waals surface area contributed by atoms with Crippen LogP contribution in [0.5, 0.6) is 5.75 Å². The van der Waals surface area contributed by atoms with Gasteiger partial charge in [-0.25, -0.2) is 0 Å². The van der Waals surface area contributed by atoms with Crippen molar-refractivity contribution in [2.75, 3.05) is 25.6 Å². The molecule has 0 unspecified atom stereocenters. The van der Waals surface area contributed by atoms with Gasteiger partial charge >= 0.3 is 0 Å². The molecule has 17 heavy (non-hydrogen) atoms. The van der Waals surface area contributed by atoms with E-state index in [1.807, 2.05) is 26.2 Å². The van der Waals surface area contributed by atoms with Crippen LogP contribution in [0.25, 0.3) is 0 Å². The fourth-order valence-corrected chi connectivity index (χ4v) is 2.33. The Morgan fingerprint density at radius 3 is 2.82 bits per heavy atom. The molecule has 0 radical (unpaired) electrons. The highest BCUT2D eigenvalue weighted by Crippen LogP contribution is 2.26. The molecule has 3 nitrogen and oxygen atoms in total. The predicted octanol–water partition coefficient (Wildman–Crippen LogP) is 2.26. The van der Waals surface area contributed by atoms with Crippen molar-refractivity contribution in [3.05, 3.63) is 24.3 Å². The van der Waals surface area contributed by atoms with Gasteiger partial charge in [0.1, 0.15) is 5.75 Å². The summed E-state index contributed by atoms with van der Waals surface area (Å²) in [6.45, 7) is 0.748.